The molecule has 5 heteroatoms. The quantitative estimate of drug-likeness (QED) is 0.784. The summed E-state index contributed by atoms with van der Waals surface area (Å²) in [7, 11) is 0. The van der Waals surface area contributed by atoms with Gasteiger partial charge in [0.2, 0.25) is 11.8 Å². The van der Waals surface area contributed by atoms with Crippen molar-refractivity contribution in [3.05, 3.63) is 42.0 Å². The van der Waals surface area contributed by atoms with E-state index in [4.69, 9.17) is 5.11 Å². The average molecular weight is 330 g/mol. The third-order valence-corrected chi connectivity index (χ3v) is 4.33. The van der Waals surface area contributed by atoms with E-state index in [1.165, 1.54) is 6.08 Å². The van der Waals surface area contributed by atoms with Crippen LogP contribution in [0.25, 0.3) is 6.08 Å². The van der Waals surface area contributed by atoms with Crippen molar-refractivity contribution in [2.45, 2.75) is 44.7 Å². The lowest BCUT2D eigenvalue weighted by molar-refractivity contribution is -0.138. The minimum Gasteiger partial charge on any atom is -0.396 e. The summed E-state index contributed by atoms with van der Waals surface area (Å²) < 4.78 is 0. The number of piperidine rings is 1. The van der Waals surface area contributed by atoms with Gasteiger partial charge in [0.15, 0.2) is 0 Å². The van der Waals surface area contributed by atoms with Crippen LogP contribution in [0.15, 0.2) is 36.4 Å². The van der Waals surface area contributed by atoms with E-state index in [2.05, 4.69) is 5.32 Å². The summed E-state index contributed by atoms with van der Waals surface area (Å²) in [5.41, 5.74) is 0.936. The van der Waals surface area contributed by atoms with Gasteiger partial charge in [-0.25, -0.2) is 0 Å². The number of nitrogens with one attached hydrogen (secondary N) is 1. The van der Waals surface area contributed by atoms with Crippen molar-refractivity contribution in [1.29, 1.82) is 0 Å². The van der Waals surface area contributed by atoms with Crippen molar-refractivity contribution >= 4 is 17.9 Å². The smallest absolute Gasteiger partial charge is 0.245 e. The molecule has 2 rings (SSSR count). The van der Waals surface area contributed by atoms with Crippen LogP contribution >= 0.6 is 0 Å². The van der Waals surface area contributed by atoms with Crippen LogP contribution in [0.4, 0.5) is 0 Å². The second-order valence-electron chi connectivity index (χ2n) is 6.17. The number of benzene rings is 1. The molecule has 1 aromatic rings. The molecular formula is C19H26N2O3. The maximum Gasteiger partial charge on any atom is 0.245 e. The topological polar surface area (TPSA) is 69.6 Å². The largest absolute Gasteiger partial charge is 0.396 e. The Labute approximate surface area is 143 Å². The van der Waals surface area contributed by atoms with Gasteiger partial charge in [-0.3, -0.25) is 9.59 Å². The molecule has 1 saturated heterocycles. The number of carbonyl (C=O) groups excluding carboxylic acids is 2. The molecule has 2 atom stereocenters. The molecule has 1 heterocycles. The summed E-state index contributed by atoms with van der Waals surface area (Å²) in [4.78, 5) is 26.4. The van der Waals surface area contributed by atoms with E-state index >= 15 is 0 Å². The Hall–Kier alpha value is -2.14. The van der Waals surface area contributed by atoms with Gasteiger partial charge in [0.05, 0.1) is 0 Å². The Bertz CT molecular complexity index is 569. The first kappa shape index (κ1) is 18.2. The van der Waals surface area contributed by atoms with E-state index in [-0.39, 0.29) is 24.5 Å². The summed E-state index contributed by atoms with van der Waals surface area (Å²) in [6.45, 7) is 2.49. The fourth-order valence-electron chi connectivity index (χ4n) is 3.05. The Morgan fingerprint density at radius 1 is 1.33 bits per heavy atom. The van der Waals surface area contributed by atoms with E-state index < -0.39 is 6.04 Å². The van der Waals surface area contributed by atoms with Gasteiger partial charge in [0.25, 0.3) is 0 Å². The molecule has 0 aliphatic carbocycles. The van der Waals surface area contributed by atoms with Crippen LogP contribution in [0.2, 0.25) is 0 Å². The van der Waals surface area contributed by atoms with Crippen molar-refractivity contribution < 1.29 is 14.7 Å². The monoisotopic (exact) mass is 330 g/mol. The predicted octanol–water partition coefficient (Wildman–Crippen LogP) is 1.97. The number of nitrogens with zero attached hydrogens (tertiary/aromatic N) is 1. The zero-order chi connectivity index (χ0) is 17.4. The lowest BCUT2D eigenvalue weighted by Crippen LogP contribution is -2.52. The molecule has 1 aliphatic rings. The number of carbonyl (C=O) groups is 2. The van der Waals surface area contributed by atoms with Gasteiger partial charge in [-0.05, 0) is 44.2 Å². The highest BCUT2D eigenvalue weighted by Gasteiger charge is 2.29. The Kier molecular flexibility index (Phi) is 7.00. The number of likely N-dealkylation sites (tertiary alicyclic amines) is 1. The summed E-state index contributed by atoms with van der Waals surface area (Å²) in [6, 6.07) is 9.05. The number of aliphatic hydroxyl groups is 1. The minimum absolute atomic E-state index is 0.0744. The van der Waals surface area contributed by atoms with E-state index in [9.17, 15) is 9.59 Å². The summed E-state index contributed by atoms with van der Waals surface area (Å²) >= 11 is 0. The van der Waals surface area contributed by atoms with Crippen molar-refractivity contribution in [3.8, 4) is 0 Å². The molecule has 2 amide bonds. The fourth-order valence-corrected chi connectivity index (χ4v) is 3.05. The van der Waals surface area contributed by atoms with Crippen LogP contribution in [0.5, 0.6) is 0 Å². The molecule has 1 aliphatic heterocycles. The highest BCUT2D eigenvalue weighted by Crippen LogP contribution is 2.20. The van der Waals surface area contributed by atoms with Crippen LogP contribution in [0.3, 0.4) is 0 Å². The third kappa shape index (κ3) is 5.20. The van der Waals surface area contributed by atoms with Crippen LogP contribution in [0, 0.1) is 0 Å². The third-order valence-electron chi connectivity index (χ3n) is 4.33. The molecule has 1 fully saturated rings. The number of hydrogen-bond donors (Lipinski definition) is 2. The normalized spacial score (nSPS) is 19.2. The van der Waals surface area contributed by atoms with Crippen LogP contribution in [-0.4, -0.2) is 47.1 Å². The maximum absolute atomic E-state index is 12.6. The summed E-state index contributed by atoms with van der Waals surface area (Å²) in [6.07, 6.45) is 6.74. The molecule has 0 saturated carbocycles. The second kappa shape index (κ2) is 9.23. The van der Waals surface area contributed by atoms with Crippen molar-refractivity contribution in [3.63, 3.8) is 0 Å². The first-order chi connectivity index (χ1) is 11.6. The van der Waals surface area contributed by atoms with Crippen molar-refractivity contribution in [2.24, 2.45) is 0 Å². The van der Waals surface area contributed by atoms with Crippen molar-refractivity contribution in [2.75, 3.05) is 13.2 Å². The molecule has 2 N–H and O–H groups in total. The van der Waals surface area contributed by atoms with Gasteiger partial charge in [0, 0.05) is 25.3 Å². The molecule has 0 spiro atoms. The molecule has 130 valence electrons. The van der Waals surface area contributed by atoms with Gasteiger partial charge in [0.1, 0.15) is 6.04 Å². The van der Waals surface area contributed by atoms with E-state index in [1.807, 2.05) is 35.2 Å². The Morgan fingerprint density at radius 3 is 2.79 bits per heavy atom. The lowest BCUT2D eigenvalue weighted by Gasteiger charge is -2.37. The molecule has 0 aromatic heterocycles. The standard InChI is InChI=1S/C19H26N2O3/c1-15(19(24)21-13-6-5-9-17(21)12-14-22)20-18(23)11-10-16-7-3-2-4-8-16/h2-4,7-8,10-11,15,17,22H,5-6,9,12-14H2,1H3,(H,20,23)/b11-10+. The molecule has 5 nitrogen and oxygen atoms in total. The first-order valence-electron chi connectivity index (χ1n) is 8.57. The summed E-state index contributed by atoms with van der Waals surface area (Å²) in [5, 5.41) is 11.9. The fraction of sp³-hybridized carbons (Fsp3) is 0.474. The molecule has 0 bridgehead atoms. The molecule has 2 unspecified atom stereocenters. The number of rotatable bonds is 6. The van der Waals surface area contributed by atoms with Gasteiger partial charge < -0.3 is 15.3 Å². The van der Waals surface area contributed by atoms with Crippen LogP contribution in [-0.2, 0) is 9.59 Å². The highest BCUT2D eigenvalue weighted by atomic mass is 16.3. The van der Waals surface area contributed by atoms with Crippen LogP contribution < -0.4 is 5.32 Å². The predicted molar refractivity (Wildman–Crippen MR) is 94.1 cm³/mol. The molecule has 1 aromatic carbocycles. The average Bonchev–Trinajstić information content (AvgIpc) is 2.61. The van der Waals surface area contributed by atoms with Gasteiger partial charge >= 0.3 is 0 Å². The van der Waals surface area contributed by atoms with E-state index in [0.717, 1.165) is 24.8 Å². The zero-order valence-electron chi connectivity index (χ0n) is 14.1. The molecule has 0 radical (unpaired) electrons. The minimum atomic E-state index is -0.572. The SMILES string of the molecule is CC(NC(=O)/C=C/c1ccccc1)C(=O)N1CCCCC1CCO. The van der Waals surface area contributed by atoms with Crippen molar-refractivity contribution in [1.82, 2.24) is 10.2 Å². The molecule has 24 heavy (non-hydrogen) atoms. The van der Waals surface area contributed by atoms with E-state index in [0.29, 0.717) is 13.0 Å². The summed E-state index contributed by atoms with van der Waals surface area (Å²) in [5.74, 6) is -0.356. The van der Waals surface area contributed by atoms with Crippen LogP contribution in [0.1, 0.15) is 38.2 Å². The van der Waals surface area contributed by atoms with E-state index in [1.54, 1.807) is 13.0 Å². The zero-order valence-corrected chi connectivity index (χ0v) is 14.1. The molecular weight excluding hydrogens is 304 g/mol. The maximum atomic E-state index is 12.6. The van der Waals surface area contributed by atoms with Gasteiger partial charge in [-0.15, -0.1) is 0 Å². The highest BCUT2D eigenvalue weighted by molar-refractivity contribution is 5.95. The Morgan fingerprint density at radius 2 is 2.08 bits per heavy atom. The number of hydrogen-bond acceptors (Lipinski definition) is 3. The number of aliphatic hydroxyl groups excluding tert-OH is 1. The lowest BCUT2D eigenvalue weighted by atomic mass is 9.98. The second-order valence-corrected chi connectivity index (χ2v) is 6.17. The number of amides is 2. The first-order valence-corrected chi connectivity index (χ1v) is 8.57. The Balaban J connectivity index is 1.90. The van der Waals surface area contributed by atoms with Gasteiger partial charge in [-0.1, -0.05) is 30.3 Å². The van der Waals surface area contributed by atoms with Gasteiger partial charge in [-0.2, -0.15) is 0 Å².